The molecule has 0 amide bonds. The van der Waals surface area contributed by atoms with Crippen LogP contribution >= 0.6 is 0 Å². The van der Waals surface area contributed by atoms with Crippen molar-refractivity contribution in [2.24, 2.45) is 23.2 Å². The van der Waals surface area contributed by atoms with E-state index >= 15 is 0 Å². The second-order valence-electron chi connectivity index (χ2n) is 8.41. The van der Waals surface area contributed by atoms with Gasteiger partial charge in [-0.05, 0) is 54.6 Å². The van der Waals surface area contributed by atoms with Crippen LogP contribution in [0.15, 0.2) is 23.0 Å². The standard InChI is InChI=1S/C21H34O2/c1-16-8-5-6-12-21(3,4)19(16)14-20(22)17(2)9-7-10-18-11-13-23-15-18/h11,13,15-17,19H,5-10,12,14H2,1-4H3/t16?,17-,19?/m0/s1. The molecule has 2 nitrogen and oxygen atoms in total. The molecule has 2 rings (SSSR count). The number of carbonyl (C=O) groups is 1. The van der Waals surface area contributed by atoms with Gasteiger partial charge in [0.15, 0.2) is 0 Å². The van der Waals surface area contributed by atoms with Crippen LogP contribution in [0.4, 0.5) is 0 Å². The molecule has 0 saturated heterocycles. The summed E-state index contributed by atoms with van der Waals surface area (Å²) in [4.78, 5) is 12.7. The lowest BCUT2D eigenvalue weighted by Gasteiger charge is -2.36. The van der Waals surface area contributed by atoms with E-state index < -0.39 is 0 Å². The third-order valence-electron chi connectivity index (χ3n) is 6.07. The van der Waals surface area contributed by atoms with Crippen molar-refractivity contribution in [2.45, 2.75) is 79.1 Å². The van der Waals surface area contributed by atoms with E-state index in [1.54, 1.807) is 6.26 Å². The summed E-state index contributed by atoms with van der Waals surface area (Å²) in [5, 5.41) is 0. The first-order valence-corrected chi connectivity index (χ1v) is 9.44. The number of aryl methyl sites for hydroxylation is 1. The van der Waals surface area contributed by atoms with Gasteiger partial charge in [-0.15, -0.1) is 0 Å². The van der Waals surface area contributed by atoms with Crippen LogP contribution in [-0.2, 0) is 11.2 Å². The Hall–Kier alpha value is -1.05. The highest BCUT2D eigenvalue weighted by atomic mass is 16.3. The first kappa shape index (κ1) is 18.3. The summed E-state index contributed by atoms with van der Waals surface area (Å²) < 4.78 is 5.10. The first-order valence-electron chi connectivity index (χ1n) is 9.44. The second kappa shape index (κ2) is 8.17. The van der Waals surface area contributed by atoms with Gasteiger partial charge in [0, 0.05) is 12.3 Å². The first-order chi connectivity index (χ1) is 10.9. The van der Waals surface area contributed by atoms with Crippen LogP contribution in [0.1, 0.15) is 78.2 Å². The second-order valence-corrected chi connectivity index (χ2v) is 8.41. The summed E-state index contributed by atoms with van der Waals surface area (Å²) in [6.07, 6.45) is 12.6. The molecule has 0 aromatic carbocycles. The van der Waals surface area contributed by atoms with Crippen molar-refractivity contribution in [3.8, 4) is 0 Å². The molecule has 1 aliphatic carbocycles. The van der Waals surface area contributed by atoms with Crippen molar-refractivity contribution >= 4 is 5.78 Å². The van der Waals surface area contributed by atoms with Gasteiger partial charge < -0.3 is 4.42 Å². The van der Waals surface area contributed by atoms with Crippen LogP contribution in [0.2, 0.25) is 0 Å². The summed E-state index contributed by atoms with van der Waals surface area (Å²) in [5.41, 5.74) is 1.55. The molecule has 1 aromatic rings. The molecule has 0 bridgehead atoms. The third kappa shape index (κ3) is 5.22. The van der Waals surface area contributed by atoms with Crippen LogP contribution in [0, 0.1) is 23.2 Å². The molecule has 1 heterocycles. The molecule has 1 aliphatic rings. The minimum absolute atomic E-state index is 0.188. The van der Waals surface area contributed by atoms with E-state index in [1.165, 1.54) is 31.2 Å². The normalized spacial score (nSPS) is 25.7. The van der Waals surface area contributed by atoms with Crippen molar-refractivity contribution < 1.29 is 9.21 Å². The Balaban J connectivity index is 1.83. The molecule has 1 aromatic heterocycles. The molecule has 2 unspecified atom stereocenters. The maximum atomic E-state index is 12.7. The average molecular weight is 319 g/mol. The number of ketones is 1. The van der Waals surface area contributed by atoms with Gasteiger partial charge in [-0.1, -0.05) is 47.0 Å². The average Bonchev–Trinajstić information content (AvgIpc) is 2.97. The van der Waals surface area contributed by atoms with E-state index in [4.69, 9.17) is 4.42 Å². The highest BCUT2D eigenvalue weighted by Gasteiger charge is 2.36. The smallest absolute Gasteiger partial charge is 0.136 e. The summed E-state index contributed by atoms with van der Waals surface area (Å²) in [5.74, 6) is 1.89. The summed E-state index contributed by atoms with van der Waals surface area (Å²) in [7, 11) is 0. The fourth-order valence-corrected chi connectivity index (χ4v) is 4.31. The van der Waals surface area contributed by atoms with Gasteiger partial charge in [0.2, 0.25) is 0 Å². The Labute approximate surface area is 142 Å². The van der Waals surface area contributed by atoms with Gasteiger partial charge in [0.1, 0.15) is 5.78 Å². The zero-order valence-corrected chi connectivity index (χ0v) is 15.4. The molecule has 0 radical (unpaired) electrons. The Morgan fingerprint density at radius 1 is 1.39 bits per heavy atom. The monoisotopic (exact) mass is 318 g/mol. The van der Waals surface area contributed by atoms with Crippen molar-refractivity contribution in [3.63, 3.8) is 0 Å². The Morgan fingerprint density at radius 2 is 2.17 bits per heavy atom. The lowest BCUT2D eigenvalue weighted by molar-refractivity contribution is -0.125. The highest BCUT2D eigenvalue weighted by Crippen LogP contribution is 2.44. The summed E-state index contributed by atoms with van der Waals surface area (Å²) >= 11 is 0. The number of carbonyl (C=O) groups excluding carboxylic acids is 1. The van der Waals surface area contributed by atoms with Crippen LogP contribution in [-0.4, -0.2) is 5.78 Å². The Bertz CT molecular complexity index is 472. The summed E-state index contributed by atoms with van der Waals surface area (Å²) in [6, 6.07) is 2.02. The Morgan fingerprint density at radius 3 is 2.87 bits per heavy atom. The van der Waals surface area contributed by atoms with E-state index in [2.05, 4.69) is 27.7 Å². The van der Waals surface area contributed by atoms with Gasteiger partial charge in [-0.2, -0.15) is 0 Å². The van der Waals surface area contributed by atoms with Crippen LogP contribution in [0.5, 0.6) is 0 Å². The molecule has 2 heteroatoms. The zero-order valence-electron chi connectivity index (χ0n) is 15.4. The molecular weight excluding hydrogens is 284 g/mol. The number of rotatable bonds is 7. The van der Waals surface area contributed by atoms with Crippen molar-refractivity contribution in [2.75, 3.05) is 0 Å². The molecule has 0 spiro atoms. The lowest BCUT2D eigenvalue weighted by Crippen LogP contribution is -2.31. The predicted molar refractivity (Wildman–Crippen MR) is 95.3 cm³/mol. The molecule has 0 aliphatic heterocycles. The van der Waals surface area contributed by atoms with E-state index in [0.717, 1.165) is 25.7 Å². The van der Waals surface area contributed by atoms with Crippen molar-refractivity contribution in [3.05, 3.63) is 24.2 Å². The van der Waals surface area contributed by atoms with E-state index in [9.17, 15) is 4.79 Å². The predicted octanol–water partition coefficient (Wildman–Crippen LogP) is 6.05. The Kier molecular flexibility index (Phi) is 6.50. The zero-order chi connectivity index (χ0) is 16.9. The SMILES string of the molecule is CC1CCCCC(C)(C)C1CC(=O)[C@@H](C)CCCc1ccoc1. The van der Waals surface area contributed by atoms with Gasteiger partial charge in [-0.25, -0.2) is 0 Å². The minimum atomic E-state index is 0.188. The van der Waals surface area contributed by atoms with E-state index in [-0.39, 0.29) is 5.92 Å². The molecule has 0 N–H and O–H groups in total. The van der Waals surface area contributed by atoms with Gasteiger partial charge >= 0.3 is 0 Å². The van der Waals surface area contributed by atoms with Crippen LogP contribution in [0.3, 0.4) is 0 Å². The minimum Gasteiger partial charge on any atom is -0.472 e. The quantitative estimate of drug-likeness (QED) is 0.573. The van der Waals surface area contributed by atoms with Gasteiger partial charge in [-0.3, -0.25) is 4.79 Å². The van der Waals surface area contributed by atoms with Gasteiger partial charge in [0.05, 0.1) is 12.5 Å². The lowest BCUT2D eigenvalue weighted by atomic mass is 9.68. The highest BCUT2D eigenvalue weighted by molar-refractivity contribution is 5.81. The number of hydrogen-bond acceptors (Lipinski definition) is 2. The van der Waals surface area contributed by atoms with Crippen molar-refractivity contribution in [1.82, 2.24) is 0 Å². The third-order valence-corrected chi connectivity index (χ3v) is 6.07. The number of Topliss-reactive ketones (excluding diaryl/α,β-unsaturated/α-hetero) is 1. The van der Waals surface area contributed by atoms with Crippen LogP contribution in [0.25, 0.3) is 0 Å². The molecular formula is C21H34O2. The fourth-order valence-electron chi connectivity index (χ4n) is 4.31. The molecule has 23 heavy (non-hydrogen) atoms. The van der Waals surface area contributed by atoms with E-state index in [0.29, 0.717) is 23.0 Å². The number of hydrogen-bond donors (Lipinski definition) is 0. The number of furan rings is 1. The maximum absolute atomic E-state index is 12.7. The molecule has 130 valence electrons. The molecule has 1 saturated carbocycles. The van der Waals surface area contributed by atoms with Gasteiger partial charge in [0.25, 0.3) is 0 Å². The molecule has 3 atom stereocenters. The molecule has 1 fully saturated rings. The van der Waals surface area contributed by atoms with Crippen LogP contribution < -0.4 is 0 Å². The fraction of sp³-hybridized carbons (Fsp3) is 0.762. The van der Waals surface area contributed by atoms with E-state index in [1.807, 2.05) is 12.3 Å². The largest absolute Gasteiger partial charge is 0.472 e. The van der Waals surface area contributed by atoms with Crippen molar-refractivity contribution in [1.29, 1.82) is 0 Å². The summed E-state index contributed by atoms with van der Waals surface area (Å²) in [6.45, 7) is 9.22. The maximum Gasteiger partial charge on any atom is 0.136 e. The topological polar surface area (TPSA) is 30.2 Å².